The first-order valence-electron chi connectivity index (χ1n) is 5.59. The van der Waals surface area contributed by atoms with Gasteiger partial charge in [0.05, 0.1) is 0 Å². The fraction of sp³-hybridized carbons (Fsp3) is 0.462. The first-order valence-corrected chi connectivity index (χ1v) is 5.97. The van der Waals surface area contributed by atoms with Crippen molar-refractivity contribution in [2.45, 2.75) is 31.2 Å². The molecule has 0 heterocycles. The maximum absolute atomic E-state index is 12.2. The molecular weight excluding hydrogens is 222 g/mol. The van der Waals surface area contributed by atoms with Crippen LogP contribution in [-0.2, 0) is 10.3 Å². The fourth-order valence-electron chi connectivity index (χ4n) is 2.47. The second-order valence-corrected chi connectivity index (χ2v) is 4.60. The number of ketones is 1. The molecule has 1 saturated carbocycles. The zero-order chi connectivity index (χ0) is 11.6. The third-order valence-electron chi connectivity index (χ3n) is 3.38. The second-order valence-electron chi connectivity index (χ2n) is 4.19. The Kier molecular flexibility index (Phi) is 3.31. The Hall–Kier alpha value is -0.860. The van der Waals surface area contributed by atoms with Crippen molar-refractivity contribution >= 4 is 17.4 Å². The fourth-order valence-corrected chi connectivity index (χ4v) is 2.76. The topological polar surface area (TPSA) is 29.1 Å². The molecule has 1 aliphatic rings. The van der Waals surface area contributed by atoms with Crippen molar-refractivity contribution in [3.8, 4) is 0 Å². The number of hydrogen-bond acceptors (Lipinski definition) is 2. The quantitative estimate of drug-likeness (QED) is 0.856. The molecule has 0 saturated heterocycles. The Morgan fingerprint density at radius 1 is 1.50 bits per heavy atom. The number of likely N-dealkylation sites (N-methyl/N-ethyl adjacent to an activating group) is 1. The predicted molar refractivity (Wildman–Crippen MR) is 64.5 cm³/mol. The summed E-state index contributed by atoms with van der Waals surface area (Å²) < 4.78 is 0. The lowest BCUT2D eigenvalue weighted by Gasteiger charge is -2.36. The van der Waals surface area contributed by atoms with E-state index in [0.717, 1.165) is 24.8 Å². The van der Waals surface area contributed by atoms with Gasteiger partial charge in [-0.3, -0.25) is 4.79 Å². The maximum atomic E-state index is 12.2. The SMILES string of the molecule is CN[C@@]1(c2cc[c]cc2Cl)CCCCC1=O. The monoisotopic (exact) mass is 236 g/mol. The molecule has 85 valence electrons. The van der Waals surface area contributed by atoms with Crippen molar-refractivity contribution in [2.75, 3.05) is 7.05 Å². The molecule has 1 fully saturated rings. The third kappa shape index (κ3) is 1.76. The van der Waals surface area contributed by atoms with E-state index in [9.17, 15) is 4.79 Å². The Morgan fingerprint density at radius 3 is 2.94 bits per heavy atom. The van der Waals surface area contributed by atoms with Gasteiger partial charge in [-0.25, -0.2) is 0 Å². The summed E-state index contributed by atoms with van der Waals surface area (Å²) in [5, 5.41) is 3.79. The Labute approximate surface area is 101 Å². The van der Waals surface area contributed by atoms with E-state index in [1.165, 1.54) is 0 Å². The number of hydrogen-bond donors (Lipinski definition) is 1. The standard InChI is InChI=1S/C13H15ClNO/c1-15-13(9-5-4-8-12(13)16)10-6-2-3-7-11(10)14/h2,6-7,15H,4-5,8-9H2,1H3/t13-/m1/s1. The van der Waals surface area contributed by atoms with E-state index in [1.54, 1.807) is 6.07 Å². The molecule has 1 atom stereocenters. The van der Waals surface area contributed by atoms with Crippen LogP contribution in [0.5, 0.6) is 0 Å². The van der Waals surface area contributed by atoms with Gasteiger partial charge in [0.2, 0.25) is 0 Å². The zero-order valence-corrected chi connectivity index (χ0v) is 10.1. The van der Waals surface area contributed by atoms with Crippen LogP contribution in [0.25, 0.3) is 0 Å². The third-order valence-corrected chi connectivity index (χ3v) is 3.69. The lowest BCUT2D eigenvalue weighted by atomic mass is 9.75. The highest BCUT2D eigenvalue weighted by Crippen LogP contribution is 2.37. The molecule has 2 nitrogen and oxygen atoms in total. The normalized spacial score (nSPS) is 25.8. The average Bonchev–Trinajstić information content (AvgIpc) is 2.31. The molecule has 2 rings (SSSR count). The van der Waals surface area contributed by atoms with Gasteiger partial charge >= 0.3 is 0 Å². The summed E-state index contributed by atoms with van der Waals surface area (Å²) in [6, 6.07) is 8.34. The van der Waals surface area contributed by atoms with E-state index in [4.69, 9.17) is 11.6 Å². The van der Waals surface area contributed by atoms with Crippen molar-refractivity contribution < 1.29 is 4.79 Å². The molecule has 0 aromatic heterocycles. The van der Waals surface area contributed by atoms with Crippen LogP contribution < -0.4 is 5.32 Å². The van der Waals surface area contributed by atoms with E-state index in [0.29, 0.717) is 11.4 Å². The second kappa shape index (κ2) is 4.56. The van der Waals surface area contributed by atoms with Gasteiger partial charge in [-0.05, 0) is 37.6 Å². The molecule has 1 aromatic rings. The molecule has 0 spiro atoms. The first kappa shape index (κ1) is 11.6. The number of nitrogens with one attached hydrogen (secondary N) is 1. The Bertz CT molecular complexity index is 405. The summed E-state index contributed by atoms with van der Waals surface area (Å²) in [5.74, 6) is 0.245. The van der Waals surface area contributed by atoms with Gasteiger partial charge in [-0.1, -0.05) is 30.2 Å². The van der Waals surface area contributed by atoms with Crippen LogP contribution >= 0.6 is 11.6 Å². The highest BCUT2D eigenvalue weighted by atomic mass is 35.5. The molecule has 1 radical (unpaired) electrons. The van der Waals surface area contributed by atoms with Gasteiger partial charge in [-0.15, -0.1) is 0 Å². The first-order chi connectivity index (χ1) is 7.70. The van der Waals surface area contributed by atoms with Crippen LogP contribution in [0.2, 0.25) is 5.02 Å². The van der Waals surface area contributed by atoms with Crippen LogP contribution in [0.3, 0.4) is 0 Å². The minimum Gasteiger partial charge on any atom is -0.304 e. The summed E-state index contributed by atoms with van der Waals surface area (Å²) >= 11 is 6.17. The Morgan fingerprint density at radius 2 is 2.31 bits per heavy atom. The van der Waals surface area contributed by atoms with Gasteiger partial charge in [0.1, 0.15) is 5.54 Å². The van der Waals surface area contributed by atoms with Gasteiger partial charge in [0.25, 0.3) is 0 Å². The Balaban J connectivity index is 2.48. The van der Waals surface area contributed by atoms with Crippen molar-refractivity contribution in [1.29, 1.82) is 0 Å². The largest absolute Gasteiger partial charge is 0.304 e. The molecule has 0 aliphatic heterocycles. The van der Waals surface area contributed by atoms with Crippen molar-refractivity contribution in [3.05, 3.63) is 34.9 Å². The van der Waals surface area contributed by atoms with Crippen molar-refractivity contribution in [1.82, 2.24) is 5.32 Å². The van der Waals surface area contributed by atoms with E-state index in [1.807, 2.05) is 19.2 Å². The summed E-state index contributed by atoms with van der Waals surface area (Å²) in [7, 11) is 1.83. The highest BCUT2D eigenvalue weighted by Gasteiger charge is 2.41. The summed E-state index contributed by atoms with van der Waals surface area (Å²) in [5.41, 5.74) is 0.310. The molecule has 1 aromatic carbocycles. The molecule has 0 amide bonds. The predicted octanol–water partition coefficient (Wildman–Crippen LogP) is 2.70. The van der Waals surface area contributed by atoms with Crippen LogP contribution in [-0.4, -0.2) is 12.8 Å². The maximum Gasteiger partial charge on any atom is 0.157 e. The number of Topliss-reactive ketones (excluding diaryl/α,β-unsaturated/α-hetero) is 1. The van der Waals surface area contributed by atoms with Crippen LogP contribution in [0.1, 0.15) is 31.2 Å². The van der Waals surface area contributed by atoms with Gasteiger partial charge in [0, 0.05) is 11.4 Å². The zero-order valence-electron chi connectivity index (χ0n) is 9.35. The summed E-state index contributed by atoms with van der Waals surface area (Å²) in [4.78, 5) is 12.2. The molecule has 0 unspecified atom stereocenters. The smallest absolute Gasteiger partial charge is 0.157 e. The van der Waals surface area contributed by atoms with E-state index < -0.39 is 5.54 Å². The number of carbonyl (C=O) groups excluding carboxylic acids is 1. The molecule has 1 aliphatic carbocycles. The van der Waals surface area contributed by atoms with Crippen molar-refractivity contribution in [3.63, 3.8) is 0 Å². The number of benzene rings is 1. The number of carbonyl (C=O) groups is 1. The minimum absolute atomic E-state index is 0.245. The van der Waals surface area contributed by atoms with E-state index >= 15 is 0 Å². The van der Waals surface area contributed by atoms with Crippen LogP contribution in [0.4, 0.5) is 0 Å². The highest BCUT2D eigenvalue weighted by molar-refractivity contribution is 6.31. The molecule has 1 N–H and O–H groups in total. The average molecular weight is 237 g/mol. The lowest BCUT2D eigenvalue weighted by Crippen LogP contribution is -2.49. The van der Waals surface area contributed by atoms with Gasteiger partial charge in [0.15, 0.2) is 5.78 Å². The van der Waals surface area contributed by atoms with Gasteiger partial charge < -0.3 is 5.32 Å². The molecule has 0 bridgehead atoms. The van der Waals surface area contributed by atoms with Crippen LogP contribution in [0.15, 0.2) is 18.2 Å². The van der Waals surface area contributed by atoms with E-state index in [-0.39, 0.29) is 5.78 Å². The number of rotatable bonds is 2. The van der Waals surface area contributed by atoms with Crippen molar-refractivity contribution in [2.24, 2.45) is 0 Å². The molecular formula is C13H15ClNO. The minimum atomic E-state index is -0.579. The summed E-state index contributed by atoms with van der Waals surface area (Å²) in [6.07, 6.45) is 3.50. The number of halogens is 1. The molecule has 3 heteroatoms. The lowest BCUT2D eigenvalue weighted by molar-refractivity contribution is -0.127. The van der Waals surface area contributed by atoms with E-state index in [2.05, 4.69) is 11.4 Å². The van der Waals surface area contributed by atoms with Gasteiger partial charge in [-0.2, -0.15) is 0 Å². The summed E-state index contributed by atoms with van der Waals surface area (Å²) in [6.45, 7) is 0. The van der Waals surface area contributed by atoms with Crippen LogP contribution in [0, 0.1) is 6.07 Å². The molecule has 16 heavy (non-hydrogen) atoms.